The summed E-state index contributed by atoms with van der Waals surface area (Å²) in [5, 5.41) is 11.5. The summed E-state index contributed by atoms with van der Waals surface area (Å²) < 4.78 is 27.3. The third kappa shape index (κ3) is 3.37. The van der Waals surface area contributed by atoms with Crippen molar-refractivity contribution in [2.45, 2.75) is 32.2 Å². The molecule has 1 aromatic rings. The summed E-state index contributed by atoms with van der Waals surface area (Å²) in [6.45, 7) is 1.50. The summed E-state index contributed by atoms with van der Waals surface area (Å²) in [6, 6.07) is 2.73. The normalized spacial score (nSPS) is 22.8. The summed E-state index contributed by atoms with van der Waals surface area (Å²) >= 11 is 0. The van der Waals surface area contributed by atoms with Crippen LogP contribution in [0.5, 0.6) is 0 Å². The fraction of sp³-hybridized carbons (Fsp3) is 0.467. The summed E-state index contributed by atoms with van der Waals surface area (Å²) in [7, 11) is 0. The number of carbonyl (C=O) groups is 2. The molecule has 1 aliphatic carbocycles. The molecule has 114 valence electrons. The fourth-order valence-corrected chi connectivity index (χ4v) is 2.77. The van der Waals surface area contributed by atoms with Crippen molar-refractivity contribution >= 4 is 11.9 Å². The molecule has 3 atom stereocenters. The molecule has 0 saturated heterocycles. The van der Waals surface area contributed by atoms with E-state index in [1.54, 1.807) is 0 Å². The predicted molar refractivity (Wildman–Crippen MR) is 71.4 cm³/mol. The minimum absolute atomic E-state index is 0.182. The minimum atomic E-state index is -0.904. The summed E-state index contributed by atoms with van der Waals surface area (Å²) in [4.78, 5) is 22.9. The van der Waals surface area contributed by atoms with Crippen LogP contribution in [0.25, 0.3) is 0 Å². The number of benzene rings is 1. The maximum Gasteiger partial charge on any atom is 0.306 e. The molecule has 6 heteroatoms. The van der Waals surface area contributed by atoms with E-state index in [2.05, 4.69) is 5.32 Å². The molecule has 1 fully saturated rings. The van der Waals surface area contributed by atoms with E-state index in [9.17, 15) is 18.4 Å². The Hall–Kier alpha value is -1.98. The number of rotatable bonds is 4. The molecule has 1 amide bonds. The van der Waals surface area contributed by atoms with E-state index < -0.39 is 35.5 Å². The molecule has 0 spiro atoms. The van der Waals surface area contributed by atoms with Gasteiger partial charge in [0.1, 0.15) is 11.6 Å². The average molecular weight is 297 g/mol. The number of nitrogens with one attached hydrogen (secondary N) is 1. The number of aliphatic carboxylic acids is 1. The van der Waals surface area contributed by atoms with Crippen LogP contribution in [0.2, 0.25) is 0 Å². The van der Waals surface area contributed by atoms with Gasteiger partial charge in [0.25, 0.3) is 0 Å². The maximum absolute atomic E-state index is 13.6. The highest BCUT2D eigenvalue weighted by molar-refractivity contribution is 5.81. The molecule has 0 radical (unpaired) electrons. The van der Waals surface area contributed by atoms with Gasteiger partial charge < -0.3 is 10.4 Å². The van der Waals surface area contributed by atoms with Gasteiger partial charge in [-0.2, -0.15) is 0 Å². The van der Waals surface area contributed by atoms with Gasteiger partial charge in [-0.15, -0.1) is 0 Å². The second kappa shape index (κ2) is 6.20. The SMILES string of the molecule is CC(NC(=O)[C@@H]1CC[C@H](C(=O)O)C1)c1c(F)cccc1F. The molecule has 0 bridgehead atoms. The van der Waals surface area contributed by atoms with Gasteiger partial charge in [-0.05, 0) is 38.3 Å². The molecule has 2 rings (SSSR count). The highest BCUT2D eigenvalue weighted by Crippen LogP contribution is 2.32. The third-order valence-corrected chi connectivity index (χ3v) is 3.94. The first-order chi connectivity index (χ1) is 9.90. The van der Waals surface area contributed by atoms with Crippen molar-refractivity contribution < 1.29 is 23.5 Å². The van der Waals surface area contributed by atoms with Crippen molar-refractivity contribution in [2.24, 2.45) is 11.8 Å². The number of carboxylic acid groups (broad SMARTS) is 1. The van der Waals surface area contributed by atoms with Gasteiger partial charge >= 0.3 is 5.97 Å². The number of hydrogen-bond donors (Lipinski definition) is 2. The Morgan fingerprint density at radius 3 is 2.33 bits per heavy atom. The van der Waals surface area contributed by atoms with Crippen LogP contribution in [0.15, 0.2) is 18.2 Å². The van der Waals surface area contributed by atoms with Gasteiger partial charge in [0, 0.05) is 11.5 Å². The van der Waals surface area contributed by atoms with Crippen LogP contribution in [0.4, 0.5) is 8.78 Å². The van der Waals surface area contributed by atoms with Gasteiger partial charge in [0.15, 0.2) is 0 Å². The van der Waals surface area contributed by atoms with E-state index in [1.807, 2.05) is 0 Å². The predicted octanol–water partition coefficient (Wildman–Crippen LogP) is 2.64. The van der Waals surface area contributed by atoms with E-state index in [-0.39, 0.29) is 17.9 Å². The van der Waals surface area contributed by atoms with Crippen molar-refractivity contribution in [3.05, 3.63) is 35.4 Å². The Kier molecular flexibility index (Phi) is 4.55. The molecule has 4 nitrogen and oxygen atoms in total. The molecule has 1 aromatic carbocycles. The molecule has 1 unspecified atom stereocenters. The zero-order chi connectivity index (χ0) is 15.6. The number of carboxylic acids is 1. The van der Waals surface area contributed by atoms with Crippen molar-refractivity contribution in [2.75, 3.05) is 0 Å². The van der Waals surface area contributed by atoms with Crippen molar-refractivity contribution in [3.8, 4) is 0 Å². The maximum atomic E-state index is 13.6. The lowest BCUT2D eigenvalue weighted by molar-refractivity contribution is -0.141. The topological polar surface area (TPSA) is 66.4 Å². The minimum Gasteiger partial charge on any atom is -0.481 e. The van der Waals surface area contributed by atoms with Crippen LogP contribution >= 0.6 is 0 Å². The number of halogens is 2. The highest BCUT2D eigenvalue weighted by Gasteiger charge is 2.34. The lowest BCUT2D eigenvalue weighted by Gasteiger charge is -2.18. The van der Waals surface area contributed by atoms with Crippen LogP contribution < -0.4 is 5.32 Å². The molecule has 1 saturated carbocycles. The number of amides is 1. The van der Waals surface area contributed by atoms with Crippen molar-refractivity contribution in [1.29, 1.82) is 0 Å². The largest absolute Gasteiger partial charge is 0.481 e. The molecular formula is C15H17F2NO3. The Labute approximate surface area is 121 Å². The van der Waals surface area contributed by atoms with Crippen molar-refractivity contribution in [1.82, 2.24) is 5.32 Å². The first-order valence-electron chi connectivity index (χ1n) is 6.87. The van der Waals surface area contributed by atoms with Crippen LogP contribution in [0, 0.1) is 23.5 Å². The van der Waals surface area contributed by atoms with Gasteiger partial charge in [-0.3, -0.25) is 9.59 Å². The van der Waals surface area contributed by atoms with Crippen LogP contribution in [-0.2, 0) is 9.59 Å². The molecule has 2 N–H and O–H groups in total. The van der Waals surface area contributed by atoms with Gasteiger partial charge in [-0.1, -0.05) is 6.07 Å². The second-order valence-electron chi connectivity index (χ2n) is 5.41. The third-order valence-electron chi connectivity index (χ3n) is 3.94. The lowest BCUT2D eigenvalue weighted by atomic mass is 10.0. The van der Waals surface area contributed by atoms with E-state index in [1.165, 1.54) is 13.0 Å². The first-order valence-corrected chi connectivity index (χ1v) is 6.87. The molecule has 0 aliphatic heterocycles. The van der Waals surface area contributed by atoms with Gasteiger partial charge in [-0.25, -0.2) is 8.78 Å². The molecular weight excluding hydrogens is 280 g/mol. The monoisotopic (exact) mass is 297 g/mol. The first kappa shape index (κ1) is 15.4. The van der Waals surface area contributed by atoms with Gasteiger partial charge in [0.05, 0.1) is 12.0 Å². The van der Waals surface area contributed by atoms with E-state index >= 15 is 0 Å². The molecule has 1 aliphatic rings. The van der Waals surface area contributed by atoms with E-state index in [4.69, 9.17) is 5.11 Å². The van der Waals surface area contributed by atoms with Crippen LogP contribution in [0.3, 0.4) is 0 Å². The van der Waals surface area contributed by atoms with Crippen molar-refractivity contribution in [3.63, 3.8) is 0 Å². The highest BCUT2D eigenvalue weighted by atomic mass is 19.1. The summed E-state index contributed by atoms with van der Waals surface area (Å²) in [5.74, 6) is -3.60. The van der Waals surface area contributed by atoms with Gasteiger partial charge in [0.2, 0.25) is 5.91 Å². The zero-order valence-corrected chi connectivity index (χ0v) is 11.6. The molecule has 0 heterocycles. The van der Waals surface area contributed by atoms with Crippen LogP contribution in [-0.4, -0.2) is 17.0 Å². The Morgan fingerprint density at radius 2 is 1.81 bits per heavy atom. The standard InChI is InChI=1S/C15H17F2NO3/c1-8(13-11(16)3-2-4-12(13)17)18-14(19)9-5-6-10(7-9)15(20)21/h2-4,8-10H,5-7H2,1H3,(H,18,19)(H,20,21)/t8?,9-,10+/m1/s1. The second-order valence-corrected chi connectivity index (χ2v) is 5.41. The average Bonchev–Trinajstić information content (AvgIpc) is 2.88. The summed E-state index contributed by atoms with van der Waals surface area (Å²) in [5.41, 5.74) is -0.182. The van der Waals surface area contributed by atoms with Crippen LogP contribution in [0.1, 0.15) is 37.8 Å². The number of hydrogen-bond acceptors (Lipinski definition) is 2. The molecule has 21 heavy (non-hydrogen) atoms. The molecule has 0 aromatic heterocycles. The van der Waals surface area contributed by atoms with E-state index in [0.29, 0.717) is 12.8 Å². The Bertz CT molecular complexity index is 542. The quantitative estimate of drug-likeness (QED) is 0.898. The smallest absolute Gasteiger partial charge is 0.306 e. The number of carbonyl (C=O) groups excluding carboxylic acids is 1. The summed E-state index contributed by atoms with van der Waals surface area (Å²) in [6.07, 6.45) is 1.21. The Morgan fingerprint density at radius 1 is 1.24 bits per heavy atom. The zero-order valence-electron chi connectivity index (χ0n) is 11.6. The van der Waals surface area contributed by atoms with E-state index in [0.717, 1.165) is 12.1 Å². The lowest BCUT2D eigenvalue weighted by Crippen LogP contribution is -2.32. The Balaban J connectivity index is 2.02. The fourth-order valence-electron chi connectivity index (χ4n) is 2.77.